The summed E-state index contributed by atoms with van der Waals surface area (Å²) in [5, 5.41) is 6.42. The SMILES string of the molecule is CCNCc1csc(-c2ccncc2)n1. The minimum Gasteiger partial charge on any atom is -0.311 e. The summed E-state index contributed by atoms with van der Waals surface area (Å²) >= 11 is 1.67. The Morgan fingerprint density at radius 2 is 2.13 bits per heavy atom. The predicted octanol–water partition coefficient (Wildman–Crippen LogP) is 2.31. The average molecular weight is 219 g/mol. The first-order chi connectivity index (χ1) is 7.40. The second-order valence-electron chi connectivity index (χ2n) is 3.16. The quantitative estimate of drug-likeness (QED) is 0.857. The van der Waals surface area contributed by atoms with E-state index in [1.165, 1.54) is 0 Å². The van der Waals surface area contributed by atoms with E-state index in [9.17, 15) is 0 Å². The van der Waals surface area contributed by atoms with Crippen LogP contribution in [-0.4, -0.2) is 16.5 Å². The fourth-order valence-corrected chi connectivity index (χ4v) is 2.09. The molecule has 0 spiro atoms. The number of thiazole rings is 1. The number of pyridine rings is 1. The van der Waals surface area contributed by atoms with Crippen molar-refractivity contribution < 1.29 is 0 Å². The van der Waals surface area contributed by atoms with Gasteiger partial charge in [-0.05, 0) is 18.7 Å². The molecule has 0 fully saturated rings. The second kappa shape index (κ2) is 5.00. The van der Waals surface area contributed by atoms with E-state index in [-0.39, 0.29) is 0 Å². The van der Waals surface area contributed by atoms with E-state index in [2.05, 4.69) is 27.6 Å². The van der Waals surface area contributed by atoms with E-state index in [1.54, 1.807) is 23.7 Å². The lowest BCUT2D eigenvalue weighted by molar-refractivity contribution is 0.715. The highest BCUT2D eigenvalue weighted by atomic mass is 32.1. The van der Waals surface area contributed by atoms with Crippen LogP contribution in [0.4, 0.5) is 0 Å². The molecule has 2 heterocycles. The van der Waals surface area contributed by atoms with Crippen LogP contribution < -0.4 is 5.32 Å². The van der Waals surface area contributed by atoms with E-state index in [0.29, 0.717) is 0 Å². The number of nitrogens with one attached hydrogen (secondary N) is 1. The van der Waals surface area contributed by atoms with Crippen molar-refractivity contribution in [1.29, 1.82) is 0 Å². The topological polar surface area (TPSA) is 37.8 Å². The lowest BCUT2D eigenvalue weighted by Crippen LogP contribution is -2.11. The standard InChI is InChI=1S/C11H13N3S/c1-2-12-7-10-8-15-11(14-10)9-3-5-13-6-4-9/h3-6,8,12H,2,7H2,1H3. The minimum absolute atomic E-state index is 0.845. The van der Waals surface area contributed by atoms with Crippen molar-refractivity contribution in [3.8, 4) is 10.6 Å². The molecule has 2 aromatic rings. The van der Waals surface area contributed by atoms with E-state index >= 15 is 0 Å². The smallest absolute Gasteiger partial charge is 0.123 e. The molecule has 0 saturated heterocycles. The van der Waals surface area contributed by atoms with Crippen molar-refractivity contribution in [3.05, 3.63) is 35.6 Å². The Hall–Kier alpha value is -1.26. The second-order valence-corrected chi connectivity index (χ2v) is 4.02. The number of rotatable bonds is 4. The molecule has 0 amide bonds. The highest BCUT2D eigenvalue weighted by Gasteiger charge is 2.03. The molecule has 0 unspecified atom stereocenters. The Labute approximate surface area is 93.2 Å². The van der Waals surface area contributed by atoms with Crippen LogP contribution in [0.5, 0.6) is 0 Å². The van der Waals surface area contributed by atoms with E-state index < -0.39 is 0 Å². The van der Waals surface area contributed by atoms with Gasteiger partial charge in [-0.1, -0.05) is 6.92 Å². The van der Waals surface area contributed by atoms with Crippen LogP contribution >= 0.6 is 11.3 Å². The molecule has 0 aliphatic rings. The third-order valence-corrected chi connectivity index (χ3v) is 2.98. The predicted molar refractivity (Wildman–Crippen MR) is 62.7 cm³/mol. The molecular weight excluding hydrogens is 206 g/mol. The van der Waals surface area contributed by atoms with Gasteiger partial charge in [-0.3, -0.25) is 4.98 Å². The van der Waals surface area contributed by atoms with Crippen molar-refractivity contribution in [1.82, 2.24) is 15.3 Å². The molecule has 1 N–H and O–H groups in total. The van der Waals surface area contributed by atoms with Gasteiger partial charge < -0.3 is 5.32 Å². The maximum Gasteiger partial charge on any atom is 0.123 e. The highest BCUT2D eigenvalue weighted by Crippen LogP contribution is 2.22. The van der Waals surface area contributed by atoms with Gasteiger partial charge in [-0.2, -0.15) is 0 Å². The van der Waals surface area contributed by atoms with Crippen LogP contribution in [0.25, 0.3) is 10.6 Å². The summed E-state index contributed by atoms with van der Waals surface area (Å²) in [6, 6.07) is 3.96. The molecule has 0 aliphatic heterocycles. The van der Waals surface area contributed by atoms with Crippen LogP contribution in [0.2, 0.25) is 0 Å². The first-order valence-corrected chi connectivity index (χ1v) is 5.83. The molecule has 0 radical (unpaired) electrons. The first kappa shape index (κ1) is 10.3. The van der Waals surface area contributed by atoms with Crippen LogP contribution in [0.15, 0.2) is 29.9 Å². The number of hydrogen-bond donors (Lipinski definition) is 1. The van der Waals surface area contributed by atoms with Gasteiger partial charge in [-0.15, -0.1) is 11.3 Å². The average Bonchev–Trinajstić information content (AvgIpc) is 2.76. The summed E-state index contributed by atoms with van der Waals surface area (Å²) in [5.74, 6) is 0. The molecule has 15 heavy (non-hydrogen) atoms. The summed E-state index contributed by atoms with van der Waals surface area (Å²) < 4.78 is 0. The number of nitrogens with zero attached hydrogens (tertiary/aromatic N) is 2. The molecule has 0 bridgehead atoms. The van der Waals surface area contributed by atoms with Gasteiger partial charge in [-0.25, -0.2) is 4.98 Å². The maximum atomic E-state index is 4.55. The Balaban J connectivity index is 2.14. The Morgan fingerprint density at radius 3 is 2.87 bits per heavy atom. The van der Waals surface area contributed by atoms with Crippen molar-refractivity contribution >= 4 is 11.3 Å². The number of aromatic nitrogens is 2. The zero-order valence-corrected chi connectivity index (χ0v) is 9.42. The van der Waals surface area contributed by atoms with Crippen LogP contribution in [0.1, 0.15) is 12.6 Å². The summed E-state index contributed by atoms with van der Waals surface area (Å²) in [4.78, 5) is 8.54. The molecule has 3 nitrogen and oxygen atoms in total. The van der Waals surface area contributed by atoms with Gasteiger partial charge in [0.25, 0.3) is 0 Å². The Morgan fingerprint density at radius 1 is 1.33 bits per heavy atom. The third kappa shape index (κ3) is 2.61. The summed E-state index contributed by atoms with van der Waals surface area (Å²) in [5.41, 5.74) is 2.24. The molecule has 78 valence electrons. The molecule has 2 aromatic heterocycles. The largest absolute Gasteiger partial charge is 0.311 e. The van der Waals surface area contributed by atoms with Crippen molar-refractivity contribution in [2.24, 2.45) is 0 Å². The normalized spacial score (nSPS) is 10.5. The van der Waals surface area contributed by atoms with Gasteiger partial charge in [0.05, 0.1) is 5.69 Å². The molecule has 4 heteroatoms. The number of hydrogen-bond acceptors (Lipinski definition) is 4. The minimum atomic E-state index is 0.845. The summed E-state index contributed by atoms with van der Waals surface area (Å²) in [6.45, 7) is 3.91. The molecule has 0 aliphatic carbocycles. The third-order valence-electron chi connectivity index (χ3n) is 2.04. The van der Waals surface area contributed by atoms with Crippen LogP contribution in [-0.2, 0) is 6.54 Å². The van der Waals surface area contributed by atoms with Crippen molar-refractivity contribution in [2.75, 3.05) is 6.54 Å². The monoisotopic (exact) mass is 219 g/mol. The molecular formula is C11H13N3S. The fraction of sp³-hybridized carbons (Fsp3) is 0.273. The van der Waals surface area contributed by atoms with Crippen LogP contribution in [0, 0.1) is 0 Å². The van der Waals surface area contributed by atoms with Gasteiger partial charge in [0.15, 0.2) is 0 Å². The van der Waals surface area contributed by atoms with E-state index in [4.69, 9.17) is 0 Å². The molecule has 0 saturated carbocycles. The van der Waals surface area contributed by atoms with Gasteiger partial charge >= 0.3 is 0 Å². The lowest BCUT2D eigenvalue weighted by atomic mass is 10.3. The Kier molecular flexibility index (Phi) is 3.42. The summed E-state index contributed by atoms with van der Waals surface area (Å²) in [6.07, 6.45) is 3.58. The molecule has 0 aromatic carbocycles. The van der Waals surface area contributed by atoms with Crippen LogP contribution in [0.3, 0.4) is 0 Å². The first-order valence-electron chi connectivity index (χ1n) is 4.95. The Bertz CT molecular complexity index is 411. The lowest BCUT2D eigenvalue weighted by Gasteiger charge is -1.96. The van der Waals surface area contributed by atoms with Gasteiger partial charge in [0.1, 0.15) is 5.01 Å². The molecule has 2 rings (SSSR count). The van der Waals surface area contributed by atoms with Gasteiger partial charge in [0, 0.05) is 29.9 Å². The fourth-order valence-electron chi connectivity index (χ4n) is 1.27. The molecule has 0 atom stereocenters. The zero-order valence-electron chi connectivity index (χ0n) is 8.60. The van der Waals surface area contributed by atoms with E-state index in [1.807, 2.05) is 12.1 Å². The summed E-state index contributed by atoms with van der Waals surface area (Å²) in [7, 11) is 0. The maximum absolute atomic E-state index is 4.55. The highest BCUT2D eigenvalue weighted by molar-refractivity contribution is 7.13. The van der Waals surface area contributed by atoms with Crippen molar-refractivity contribution in [3.63, 3.8) is 0 Å². The van der Waals surface area contributed by atoms with E-state index in [0.717, 1.165) is 29.4 Å². The van der Waals surface area contributed by atoms with Crippen molar-refractivity contribution in [2.45, 2.75) is 13.5 Å². The zero-order chi connectivity index (χ0) is 10.5. The van der Waals surface area contributed by atoms with Gasteiger partial charge in [0.2, 0.25) is 0 Å².